The van der Waals surface area contributed by atoms with Crippen molar-refractivity contribution in [2.75, 3.05) is 4.90 Å². The van der Waals surface area contributed by atoms with Crippen molar-refractivity contribution in [3.63, 3.8) is 0 Å². The number of para-hydroxylation sites is 5. The minimum atomic E-state index is 0.742. The molecule has 16 rings (SSSR count). The zero-order valence-corrected chi connectivity index (χ0v) is 41.6. The summed E-state index contributed by atoms with van der Waals surface area (Å²) < 4.78 is 18.3. The Balaban J connectivity index is 0.839. The van der Waals surface area contributed by atoms with Gasteiger partial charge in [-0.2, -0.15) is 0 Å². The highest BCUT2D eigenvalue weighted by Gasteiger charge is 2.35. The summed E-state index contributed by atoms with van der Waals surface area (Å²) in [5, 5.41) is 4.74. The largest absolute Gasteiger partial charge is 0.453 e. The number of hydrogen-bond donors (Lipinski definition) is 0. The molecule has 0 unspecified atom stereocenters. The van der Waals surface area contributed by atoms with Crippen molar-refractivity contribution in [1.29, 1.82) is 0 Å². The highest BCUT2D eigenvalue weighted by Crippen LogP contribution is 2.60. The molecule has 2 aliphatic rings. The average Bonchev–Trinajstić information content (AvgIpc) is 4.05. The Bertz CT molecular complexity index is 4560. The van der Waals surface area contributed by atoms with E-state index < -0.39 is 0 Å². The fourth-order valence-electron chi connectivity index (χ4n) is 12.1. The van der Waals surface area contributed by atoms with Crippen LogP contribution in [0.1, 0.15) is 0 Å². The van der Waals surface area contributed by atoms with Gasteiger partial charge >= 0.3 is 0 Å². The van der Waals surface area contributed by atoms with Gasteiger partial charge in [0.15, 0.2) is 23.0 Å². The lowest BCUT2D eigenvalue weighted by molar-refractivity contribution is 0.445. The molecular formula is C72H45N3O2. The van der Waals surface area contributed by atoms with Gasteiger partial charge in [-0.3, -0.25) is 4.90 Å². The summed E-state index contributed by atoms with van der Waals surface area (Å²) in [5.41, 5.74) is 21.2. The maximum Gasteiger partial charge on any atom is 0.157 e. The van der Waals surface area contributed by atoms with Gasteiger partial charge in [0.1, 0.15) is 5.69 Å². The van der Waals surface area contributed by atoms with Crippen LogP contribution in [-0.4, -0.2) is 9.13 Å². The maximum atomic E-state index is 6.78. The lowest BCUT2D eigenvalue weighted by Gasteiger charge is -2.38. The predicted molar refractivity (Wildman–Crippen MR) is 317 cm³/mol. The van der Waals surface area contributed by atoms with Gasteiger partial charge in [-0.25, -0.2) is 0 Å². The molecule has 2 aromatic heterocycles. The van der Waals surface area contributed by atoms with E-state index in [2.05, 4.69) is 263 Å². The average molecular weight is 984 g/mol. The Morgan fingerprint density at radius 3 is 1.16 bits per heavy atom. The van der Waals surface area contributed by atoms with E-state index >= 15 is 0 Å². The van der Waals surface area contributed by atoms with E-state index in [1.54, 1.807) is 0 Å². The molecule has 0 saturated heterocycles. The molecule has 77 heavy (non-hydrogen) atoms. The molecule has 0 saturated carbocycles. The van der Waals surface area contributed by atoms with Crippen LogP contribution >= 0.6 is 0 Å². The second-order valence-electron chi connectivity index (χ2n) is 20.1. The summed E-state index contributed by atoms with van der Waals surface area (Å²) in [6, 6.07) is 98.4. The van der Waals surface area contributed by atoms with E-state index in [4.69, 9.17) is 9.47 Å². The van der Waals surface area contributed by atoms with Crippen LogP contribution in [0.2, 0.25) is 0 Å². The quantitative estimate of drug-likeness (QED) is 0.159. The minimum absolute atomic E-state index is 0.742. The fraction of sp³-hybridized carbons (Fsp3) is 0. The number of anilines is 3. The van der Waals surface area contributed by atoms with Crippen molar-refractivity contribution in [2.45, 2.75) is 0 Å². The molecule has 0 radical (unpaired) electrons. The monoisotopic (exact) mass is 983 g/mol. The molecule has 360 valence electrons. The third-order valence-electron chi connectivity index (χ3n) is 15.6. The molecule has 0 atom stereocenters. The van der Waals surface area contributed by atoms with E-state index in [-0.39, 0.29) is 0 Å². The molecular weight excluding hydrogens is 939 g/mol. The number of fused-ring (bicyclic) bond motifs is 10. The standard InChI is InChI=1S/C72H45N3O2/c1-4-17-46(18-5-1)50-31-34-64-60(41-50)61-43-52(33-36-65(61)74(64)57-44-70-72-71(45-57)77-69-30-15-13-28-67(69)75(72)66-27-12-14-29-68(66)76-70)51-32-35-63-59(42-51)58-25-10-11-26-62(58)73(63)56-24-16-23-49(40-56)55-38-53(47-19-6-2-7-20-47)37-54(39-55)48-21-8-3-9-22-48/h1-45H. The number of rotatable bonds is 7. The molecule has 0 amide bonds. The summed E-state index contributed by atoms with van der Waals surface area (Å²) in [7, 11) is 0. The Kier molecular flexibility index (Phi) is 9.57. The first-order valence-electron chi connectivity index (χ1n) is 26.2. The van der Waals surface area contributed by atoms with Crippen molar-refractivity contribution >= 4 is 60.7 Å². The number of hydrogen-bond acceptors (Lipinski definition) is 3. The van der Waals surface area contributed by atoms with Crippen LogP contribution < -0.4 is 14.4 Å². The highest BCUT2D eigenvalue weighted by atomic mass is 16.5. The number of benzene rings is 12. The number of ether oxygens (including phenoxy) is 2. The van der Waals surface area contributed by atoms with Crippen molar-refractivity contribution in [2.24, 2.45) is 0 Å². The summed E-state index contributed by atoms with van der Waals surface area (Å²) in [6.45, 7) is 0. The van der Waals surface area contributed by atoms with Gasteiger partial charge in [-0.1, -0.05) is 164 Å². The van der Waals surface area contributed by atoms with Crippen LogP contribution in [0.25, 0.3) is 111 Å². The van der Waals surface area contributed by atoms with Gasteiger partial charge in [0, 0.05) is 39.4 Å². The van der Waals surface area contributed by atoms with Crippen LogP contribution in [0.4, 0.5) is 17.1 Å². The number of nitrogens with zero attached hydrogens (tertiary/aromatic N) is 3. The van der Waals surface area contributed by atoms with Crippen LogP contribution in [0.5, 0.6) is 23.0 Å². The smallest absolute Gasteiger partial charge is 0.157 e. The lowest BCUT2D eigenvalue weighted by Crippen LogP contribution is -2.20. The van der Waals surface area contributed by atoms with Crippen LogP contribution in [-0.2, 0) is 0 Å². The van der Waals surface area contributed by atoms with E-state index in [1.807, 2.05) is 24.3 Å². The zero-order valence-electron chi connectivity index (χ0n) is 41.6. The Morgan fingerprint density at radius 2 is 0.610 bits per heavy atom. The molecule has 5 heteroatoms. The zero-order chi connectivity index (χ0) is 50.6. The van der Waals surface area contributed by atoms with Crippen molar-refractivity contribution in [3.05, 3.63) is 273 Å². The molecule has 0 bridgehead atoms. The van der Waals surface area contributed by atoms with Crippen LogP contribution in [0, 0.1) is 0 Å². The van der Waals surface area contributed by atoms with Crippen LogP contribution in [0.3, 0.4) is 0 Å². The van der Waals surface area contributed by atoms with Crippen molar-refractivity contribution < 1.29 is 9.47 Å². The SMILES string of the molecule is c1ccc(-c2cc(-c3ccccc3)cc(-c3cccc(-n4c5ccccc5c5cc(-c6ccc7c(c6)c6cc(-c8ccccc8)ccc6n7-c6cc7c8c(c6)Oc6ccccc6N8c6ccccc6O7)ccc54)c3)c2)cc1. The highest BCUT2D eigenvalue weighted by molar-refractivity contribution is 6.14. The normalized spacial score (nSPS) is 12.3. The first-order valence-corrected chi connectivity index (χ1v) is 26.2. The number of aromatic nitrogens is 2. The molecule has 5 nitrogen and oxygen atoms in total. The van der Waals surface area contributed by atoms with E-state index in [9.17, 15) is 0 Å². The molecule has 0 spiro atoms. The van der Waals surface area contributed by atoms with E-state index in [0.29, 0.717) is 0 Å². The van der Waals surface area contributed by atoms with Gasteiger partial charge in [-0.05, 0) is 153 Å². The maximum absolute atomic E-state index is 6.78. The first kappa shape index (κ1) is 43.1. The van der Waals surface area contributed by atoms with Crippen molar-refractivity contribution in [3.8, 4) is 90.0 Å². The molecule has 14 aromatic rings. The summed E-state index contributed by atoms with van der Waals surface area (Å²) >= 11 is 0. The van der Waals surface area contributed by atoms with Crippen LogP contribution in [0.15, 0.2) is 273 Å². The van der Waals surface area contributed by atoms with Gasteiger partial charge in [-0.15, -0.1) is 0 Å². The first-order chi connectivity index (χ1) is 38.1. The lowest BCUT2D eigenvalue weighted by atomic mass is 9.93. The Hall–Kier alpha value is -10.4. The molecule has 12 aromatic carbocycles. The second kappa shape index (κ2) is 17.1. The second-order valence-corrected chi connectivity index (χ2v) is 20.1. The summed E-state index contributed by atoms with van der Waals surface area (Å²) in [5.74, 6) is 3.09. The third-order valence-corrected chi connectivity index (χ3v) is 15.6. The van der Waals surface area contributed by atoms with Gasteiger partial charge in [0.05, 0.1) is 39.1 Å². The van der Waals surface area contributed by atoms with E-state index in [0.717, 1.165) is 101 Å². The molecule has 4 heterocycles. The summed E-state index contributed by atoms with van der Waals surface area (Å²) in [4.78, 5) is 2.27. The Morgan fingerprint density at radius 1 is 0.221 bits per heavy atom. The van der Waals surface area contributed by atoms with Gasteiger partial charge in [0.25, 0.3) is 0 Å². The molecule has 2 aliphatic heterocycles. The fourth-order valence-corrected chi connectivity index (χ4v) is 12.1. The van der Waals surface area contributed by atoms with Gasteiger partial charge in [0.2, 0.25) is 0 Å². The molecule has 0 aliphatic carbocycles. The predicted octanol–water partition coefficient (Wildman–Crippen LogP) is 19.9. The van der Waals surface area contributed by atoms with Gasteiger partial charge < -0.3 is 18.6 Å². The van der Waals surface area contributed by atoms with E-state index in [1.165, 1.54) is 49.7 Å². The minimum Gasteiger partial charge on any atom is -0.453 e. The molecule has 0 fully saturated rings. The van der Waals surface area contributed by atoms with Crippen molar-refractivity contribution in [1.82, 2.24) is 9.13 Å². The Labute approximate surface area is 444 Å². The topological polar surface area (TPSA) is 31.6 Å². The summed E-state index contributed by atoms with van der Waals surface area (Å²) in [6.07, 6.45) is 0. The molecule has 0 N–H and O–H groups in total. The third kappa shape index (κ3) is 6.95.